The molecule has 0 heterocycles. The first-order chi connectivity index (χ1) is 9.11. The molecule has 1 aliphatic rings. The maximum atomic E-state index is 11.1. The maximum absolute atomic E-state index is 11.1. The number of hydrogen-bond acceptors (Lipinski definition) is 2. The molecule has 0 fully saturated rings. The highest BCUT2D eigenvalue weighted by atomic mass is 35.5. The van der Waals surface area contributed by atoms with Crippen molar-refractivity contribution < 1.29 is 5.11 Å². The van der Waals surface area contributed by atoms with Crippen LogP contribution in [0.3, 0.4) is 0 Å². The zero-order valence-electron chi connectivity index (χ0n) is 12.9. The fourth-order valence-corrected chi connectivity index (χ4v) is 3.52. The lowest BCUT2D eigenvalue weighted by Gasteiger charge is -2.45. The van der Waals surface area contributed by atoms with E-state index in [1.165, 1.54) is 5.56 Å². The van der Waals surface area contributed by atoms with Gasteiger partial charge in [-0.3, -0.25) is 4.90 Å². The lowest BCUT2D eigenvalue weighted by molar-refractivity contribution is -0.0495. The summed E-state index contributed by atoms with van der Waals surface area (Å²) in [4.78, 5) is 2.48. The van der Waals surface area contributed by atoms with E-state index in [1.54, 1.807) is 0 Å². The minimum absolute atomic E-state index is 0. The van der Waals surface area contributed by atoms with Crippen molar-refractivity contribution in [3.8, 4) is 0 Å². The Labute approximate surface area is 129 Å². The predicted octanol–water partition coefficient (Wildman–Crippen LogP) is 3.75. The smallest absolute Gasteiger partial charge is 0.103 e. The topological polar surface area (TPSA) is 23.5 Å². The normalized spacial score (nSPS) is 25.1. The van der Waals surface area contributed by atoms with Gasteiger partial charge in [-0.2, -0.15) is 0 Å². The Hall–Kier alpha value is -0.570. The molecule has 0 radical (unpaired) electrons. The Morgan fingerprint density at radius 3 is 2.40 bits per heavy atom. The van der Waals surface area contributed by atoms with E-state index in [1.807, 2.05) is 13.0 Å². The molecule has 0 aliphatic heterocycles. The second-order valence-corrected chi connectivity index (χ2v) is 5.90. The van der Waals surface area contributed by atoms with E-state index in [2.05, 4.69) is 36.9 Å². The summed E-state index contributed by atoms with van der Waals surface area (Å²) in [6.07, 6.45) is 4.44. The van der Waals surface area contributed by atoms with Gasteiger partial charge in [-0.1, -0.05) is 38.1 Å². The van der Waals surface area contributed by atoms with E-state index in [4.69, 9.17) is 0 Å². The highest BCUT2D eigenvalue weighted by molar-refractivity contribution is 5.85. The summed E-state index contributed by atoms with van der Waals surface area (Å²) in [5, 5.41) is 11.1. The molecule has 0 saturated heterocycles. The number of rotatable bonds is 5. The van der Waals surface area contributed by atoms with Crippen molar-refractivity contribution in [3.63, 3.8) is 0 Å². The molecule has 3 heteroatoms. The fraction of sp³-hybridized carbons (Fsp3) is 0.647. The summed E-state index contributed by atoms with van der Waals surface area (Å²) in [6.45, 7) is 8.59. The van der Waals surface area contributed by atoms with E-state index in [0.29, 0.717) is 0 Å². The molecule has 1 aromatic rings. The molecule has 0 aromatic heterocycles. The monoisotopic (exact) mass is 297 g/mol. The van der Waals surface area contributed by atoms with Crippen molar-refractivity contribution in [2.45, 2.75) is 58.1 Å². The molecule has 0 spiro atoms. The van der Waals surface area contributed by atoms with Crippen LogP contribution < -0.4 is 0 Å². The lowest BCUT2D eigenvalue weighted by Crippen LogP contribution is -2.52. The summed E-state index contributed by atoms with van der Waals surface area (Å²) in [7, 11) is 0. The number of benzene rings is 1. The van der Waals surface area contributed by atoms with Crippen LogP contribution >= 0.6 is 12.4 Å². The van der Waals surface area contributed by atoms with Crippen molar-refractivity contribution >= 4 is 12.4 Å². The highest BCUT2D eigenvalue weighted by Crippen LogP contribution is 2.37. The maximum Gasteiger partial charge on any atom is 0.103 e. The lowest BCUT2D eigenvalue weighted by atomic mass is 9.76. The molecule has 2 atom stereocenters. The predicted molar refractivity (Wildman–Crippen MR) is 87.5 cm³/mol. The third-order valence-electron chi connectivity index (χ3n) is 4.36. The Balaban J connectivity index is 0.00000200. The number of aliphatic hydroxyl groups is 1. The Kier molecular flexibility index (Phi) is 6.50. The molecule has 0 amide bonds. The van der Waals surface area contributed by atoms with Crippen molar-refractivity contribution in [3.05, 3.63) is 35.4 Å². The van der Waals surface area contributed by atoms with Crippen LogP contribution in [-0.4, -0.2) is 29.1 Å². The highest BCUT2D eigenvalue weighted by Gasteiger charge is 2.41. The van der Waals surface area contributed by atoms with Gasteiger partial charge in [0.25, 0.3) is 0 Å². The second-order valence-electron chi connectivity index (χ2n) is 5.90. The van der Waals surface area contributed by atoms with Crippen LogP contribution in [0.15, 0.2) is 24.3 Å². The summed E-state index contributed by atoms with van der Waals surface area (Å²) >= 11 is 0. The first-order valence-electron chi connectivity index (χ1n) is 7.66. The van der Waals surface area contributed by atoms with Gasteiger partial charge in [-0.05, 0) is 56.8 Å². The van der Waals surface area contributed by atoms with Crippen LogP contribution in [0.4, 0.5) is 0 Å². The largest absolute Gasteiger partial charge is 0.384 e. The number of halogens is 1. The van der Waals surface area contributed by atoms with Crippen LogP contribution in [-0.2, 0) is 12.0 Å². The van der Waals surface area contributed by atoms with Gasteiger partial charge in [0.1, 0.15) is 5.60 Å². The van der Waals surface area contributed by atoms with Gasteiger partial charge in [0.2, 0.25) is 0 Å². The molecular weight excluding hydrogens is 270 g/mol. The Morgan fingerprint density at radius 1 is 1.20 bits per heavy atom. The minimum atomic E-state index is -0.723. The molecule has 1 aliphatic carbocycles. The molecule has 0 bridgehead atoms. The summed E-state index contributed by atoms with van der Waals surface area (Å²) in [5.74, 6) is 0. The molecule has 0 saturated carbocycles. The number of aryl methyl sites for hydroxylation is 1. The van der Waals surface area contributed by atoms with Crippen molar-refractivity contribution in [1.82, 2.24) is 4.90 Å². The summed E-state index contributed by atoms with van der Waals surface area (Å²) in [5.41, 5.74) is 1.72. The third-order valence-corrected chi connectivity index (χ3v) is 4.36. The number of hydrogen-bond donors (Lipinski definition) is 1. The first kappa shape index (κ1) is 17.5. The van der Waals surface area contributed by atoms with Crippen molar-refractivity contribution in [2.24, 2.45) is 0 Å². The average Bonchev–Trinajstić information content (AvgIpc) is 2.39. The fourth-order valence-electron chi connectivity index (χ4n) is 3.52. The van der Waals surface area contributed by atoms with Gasteiger partial charge in [-0.25, -0.2) is 0 Å². The van der Waals surface area contributed by atoms with Crippen LogP contribution in [0.5, 0.6) is 0 Å². The molecule has 1 N–H and O–H groups in total. The molecule has 2 unspecified atom stereocenters. The minimum Gasteiger partial charge on any atom is -0.384 e. The molecule has 114 valence electrons. The number of fused-ring (bicyclic) bond motifs is 1. The van der Waals surface area contributed by atoms with Gasteiger partial charge in [-0.15, -0.1) is 12.4 Å². The average molecular weight is 298 g/mol. The van der Waals surface area contributed by atoms with E-state index >= 15 is 0 Å². The van der Waals surface area contributed by atoms with Gasteiger partial charge in [0.05, 0.1) is 0 Å². The first-order valence-corrected chi connectivity index (χ1v) is 7.66. The molecule has 20 heavy (non-hydrogen) atoms. The molecular formula is C17H28ClNO. The molecule has 2 nitrogen and oxygen atoms in total. The third kappa shape index (κ3) is 3.36. The quantitative estimate of drug-likeness (QED) is 0.895. The molecule has 2 rings (SSSR count). The van der Waals surface area contributed by atoms with Gasteiger partial charge in [0.15, 0.2) is 0 Å². The van der Waals surface area contributed by atoms with Gasteiger partial charge >= 0.3 is 0 Å². The van der Waals surface area contributed by atoms with Crippen molar-refractivity contribution in [2.75, 3.05) is 13.1 Å². The van der Waals surface area contributed by atoms with Crippen LogP contribution in [0.1, 0.15) is 51.2 Å². The zero-order chi connectivity index (χ0) is 13.9. The SMILES string of the molecule is CCCN(CCC)C1CCc2ccccc2C1(C)O.Cl. The second kappa shape index (κ2) is 7.44. The van der Waals surface area contributed by atoms with Crippen LogP contribution in [0.2, 0.25) is 0 Å². The van der Waals surface area contributed by atoms with Crippen LogP contribution in [0, 0.1) is 0 Å². The van der Waals surface area contributed by atoms with Gasteiger partial charge < -0.3 is 5.11 Å². The standard InChI is InChI=1S/C17H27NO.ClH/c1-4-12-18(13-5-2)16-11-10-14-8-6-7-9-15(14)17(16,3)19;/h6-9,16,19H,4-5,10-13H2,1-3H3;1H. The Bertz CT molecular complexity index is 413. The van der Waals surface area contributed by atoms with E-state index < -0.39 is 5.60 Å². The van der Waals surface area contributed by atoms with Crippen LogP contribution in [0.25, 0.3) is 0 Å². The van der Waals surface area contributed by atoms with E-state index in [0.717, 1.165) is 44.3 Å². The van der Waals surface area contributed by atoms with Crippen molar-refractivity contribution in [1.29, 1.82) is 0 Å². The zero-order valence-corrected chi connectivity index (χ0v) is 13.7. The Morgan fingerprint density at radius 2 is 1.80 bits per heavy atom. The van der Waals surface area contributed by atoms with Gasteiger partial charge in [0, 0.05) is 6.04 Å². The summed E-state index contributed by atoms with van der Waals surface area (Å²) < 4.78 is 0. The number of nitrogens with zero attached hydrogens (tertiary/aromatic N) is 1. The summed E-state index contributed by atoms with van der Waals surface area (Å²) in [6, 6.07) is 8.62. The van der Waals surface area contributed by atoms with E-state index in [-0.39, 0.29) is 18.4 Å². The molecule has 1 aromatic carbocycles. The van der Waals surface area contributed by atoms with E-state index in [9.17, 15) is 5.11 Å².